The van der Waals surface area contributed by atoms with Crippen LogP contribution in [0.5, 0.6) is 34.5 Å². The Balaban J connectivity index is 0.000000147. The van der Waals surface area contributed by atoms with E-state index in [4.69, 9.17) is 48.5 Å². The normalized spacial score (nSPS) is 13.0. The van der Waals surface area contributed by atoms with E-state index in [0.29, 0.717) is 48.2 Å². The second kappa shape index (κ2) is 35.7. The lowest BCUT2D eigenvalue weighted by Gasteiger charge is -2.27. The van der Waals surface area contributed by atoms with Crippen molar-refractivity contribution in [3.63, 3.8) is 0 Å². The van der Waals surface area contributed by atoms with Crippen LogP contribution in [0.4, 0.5) is 34.1 Å². The second-order valence-electron chi connectivity index (χ2n) is 25.3. The van der Waals surface area contributed by atoms with Crippen LogP contribution in [0.3, 0.4) is 0 Å². The highest BCUT2D eigenvalue weighted by Gasteiger charge is 2.21. The quantitative estimate of drug-likeness (QED) is 0.0326. The second-order valence-corrected chi connectivity index (χ2v) is 25.3. The van der Waals surface area contributed by atoms with Gasteiger partial charge in [-0.3, -0.25) is 29.4 Å². The third-order valence-electron chi connectivity index (χ3n) is 18.3. The number of H-pyrrole nitrogens is 1. The highest BCUT2D eigenvalue weighted by molar-refractivity contribution is 5.85. The van der Waals surface area contributed by atoms with Crippen molar-refractivity contribution < 1.29 is 43.7 Å². The Morgan fingerprint density at radius 1 is 0.404 bits per heavy atom. The first-order valence-electron chi connectivity index (χ1n) is 35.2. The Bertz CT molecular complexity index is 4690. The van der Waals surface area contributed by atoms with Crippen molar-refractivity contribution in [3.8, 4) is 68.3 Å². The molecule has 0 spiro atoms. The van der Waals surface area contributed by atoms with Crippen LogP contribution in [0, 0.1) is 0 Å². The van der Waals surface area contributed by atoms with E-state index in [0.717, 1.165) is 146 Å². The Kier molecular flexibility index (Phi) is 25.0. The number of nitrogens with one attached hydrogen (secondary N) is 1. The number of aliphatic hydroxyl groups excluding tert-OH is 3. The lowest BCUT2D eigenvalue weighted by Crippen LogP contribution is -2.26. The molecule has 2 aliphatic heterocycles. The van der Waals surface area contributed by atoms with Crippen LogP contribution in [0.2, 0.25) is 0 Å². The van der Waals surface area contributed by atoms with Gasteiger partial charge in [0.15, 0.2) is 0 Å². The maximum atomic E-state index is 9.46. The number of fused-ring (bicyclic) bond motifs is 3. The SMILES string of the molecule is COc1cc(OC)cc(N(CCCN2CCCC2)c2ccc3ncc(-c4cn[nH]c4)nc3c2)c1.COc1cc(OC)cc(N(CCCO)c2ccc3ncc(-c4cnn(CCO)c4)nc3c2)c1.COc1cc(OCCO)cc(N(CCCN2CCCC2)c2ccc3ncc(-c4cnn(C)c4)nc3c2)c1. The molecule has 8 heterocycles. The fraction of sp³-hybridized carbons (Fsp3) is 0.346. The molecule has 0 unspecified atom stereocenters. The van der Waals surface area contributed by atoms with Crippen LogP contribution in [-0.2, 0) is 13.6 Å². The van der Waals surface area contributed by atoms with Gasteiger partial charge in [-0.05, 0) is 139 Å². The molecule has 4 N–H and O–H groups in total. The highest BCUT2D eigenvalue weighted by Crippen LogP contribution is 2.39. The molecule has 0 amide bonds. The van der Waals surface area contributed by atoms with Crippen molar-refractivity contribution in [2.24, 2.45) is 7.05 Å². The lowest BCUT2D eigenvalue weighted by atomic mass is 10.1. The van der Waals surface area contributed by atoms with Crippen LogP contribution in [0.1, 0.15) is 44.9 Å². The summed E-state index contributed by atoms with van der Waals surface area (Å²) >= 11 is 0. The maximum Gasteiger partial charge on any atom is 0.125 e. The minimum absolute atomic E-state index is 0.0204. The summed E-state index contributed by atoms with van der Waals surface area (Å²) in [6.45, 7) is 9.92. The number of anilines is 6. The molecule has 6 aromatic carbocycles. The first-order valence-corrected chi connectivity index (χ1v) is 35.2. The molecule has 12 aromatic rings. The average Bonchev–Trinajstić information content (AvgIpc) is 0.987. The molecule has 542 valence electrons. The zero-order valence-corrected chi connectivity index (χ0v) is 59.9. The number of methoxy groups -OCH3 is 5. The van der Waals surface area contributed by atoms with Gasteiger partial charge < -0.3 is 68.2 Å². The van der Waals surface area contributed by atoms with Crippen molar-refractivity contribution in [2.75, 3.05) is 136 Å². The van der Waals surface area contributed by atoms with Gasteiger partial charge in [0.1, 0.15) is 41.1 Å². The number of hydrogen-bond acceptors (Lipinski definition) is 23. The number of benzene rings is 6. The maximum absolute atomic E-state index is 9.46. The molecule has 0 bridgehead atoms. The molecule has 0 saturated carbocycles. The van der Waals surface area contributed by atoms with E-state index in [-0.39, 0.29) is 26.4 Å². The molecular formula is C78H91N17O9. The van der Waals surface area contributed by atoms with Crippen molar-refractivity contribution in [3.05, 3.63) is 165 Å². The first kappa shape index (κ1) is 72.7. The number of ether oxygens (including phenoxy) is 6. The summed E-state index contributed by atoms with van der Waals surface area (Å²) in [5.74, 6) is 4.26. The molecule has 6 aromatic heterocycles. The van der Waals surface area contributed by atoms with Gasteiger partial charge in [0.05, 0.1) is 143 Å². The zero-order chi connectivity index (χ0) is 72.2. The molecule has 0 radical (unpaired) electrons. The van der Waals surface area contributed by atoms with E-state index < -0.39 is 0 Å². The predicted octanol–water partition coefficient (Wildman–Crippen LogP) is 11.7. The molecule has 26 nitrogen and oxygen atoms in total. The van der Waals surface area contributed by atoms with E-state index in [1.54, 1.807) is 82.1 Å². The van der Waals surface area contributed by atoms with Gasteiger partial charge in [-0.2, -0.15) is 15.3 Å². The topological polar surface area (TPSA) is 274 Å². The third kappa shape index (κ3) is 18.6. The van der Waals surface area contributed by atoms with Gasteiger partial charge in [0, 0.05) is 157 Å². The number of rotatable bonds is 30. The largest absolute Gasteiger partial charge is 0.497 e. The Hall–Kier alpha value is -11.0. The van der Waals surface area contributed by atoms with Crippen LogP contribution in [0.15, 0.2) is 165 Å². The smallest absolute Gasteiger partial charge is 0.125 e. The summed E-state index contributed by atoms with van der Waals surface area (Å²) in [4.78, 5) is 40.1. The molecule has 0 atom stereocenters. The van der Waals surface area contributed by atoms with E-state index in [1.165, 1.54) is 51.9 Å². The van der Waals surface area contributed by atoms with Crippen molar-refractivity contribution >= 4 is 67.2 Å². The Labute approximate surface area is 605 Å². The van der Waals surface area contributed by atoms with Crippen LogP contribution < -0.4 is 43.1 Å². The summed E-state index contributed by atoms with van der Waals surface area (Å²) in [6.07, 6.45) is 24.0. The Morgan fingerprint density at radius 3 is 1.21 bits per heavy atom. The fourth-order valence-corrected chi connectivity index (χ4v) is 12.9. The minimum Gasteiger partial charge on any atom is -0.497 e. The number of aromatic amines is 1. The molecular weight excluding hydrogens is 1320 g/mol. The molecule has 2 aliphatic rings. The molecule has 0 aliphatic carbocycles. The van der Waals surface area contributed by atoms with E-state index in [2.05, 4.69) is 96.2 Å². The molecule has 2 saturated heterocycles. The number of nitrogens with zero attached hydrogens (tertiary/aromatic N) is 16. The number of aryl methyl sites for hydroxylation is 1. The molecule has 26 heteroatoms. The van der Waals surface area contributed by atoms with Crippen molar-refractivity contribution in [1.82, 2.24) is 69.5 Å². The molecule has 14 rings (SSSR count). The number of aliphatic hydroxyl groups is 3. The first-order chi connectivity index (χ1) is 51.0. The highest BCUT2D eigenvalue weighted by atomic mass is 16.5. The van der Waals surface area contributed by atoms with Gasteiger partial charge in [-0.1, -0.05) is 0 Å². The lowest BCUT2D eigenvalue weighted by molar-refractivity contribution is 0.201. The van der Waals surface area contributed by atoms with Gasteiger partial charge in [0.2, 0.25) is 0 Å². The summed E-state index contributed by atoms with van der Waals surface area (Å²) in [6, 6.07) is 35.9. The Morgan fingerprint density at radius 2 is 0.817 bits per heavy atom. The summed E-state index contributed by atoms with van der Waals surface area (Å²) in [7, 11) is 10.1. The molecule has 104 heavy (non-hydrogen) atoms. The van der Waals surface area contributed by atoms with E-state index in [1.807, 2.05) is 98.4 Å². The van der Waals surface area contributed by atoms with Crippen molar-refractivity contribution in [1.29, 1.82) is 0 Å². The third-order valence-corrected chi connectivity index (χ3v) is 18.3. The van der Waals surface area contributed by atoms with Gasteiger partial charge in [0.25, 0.3) is 0 Å². The van der Waals surface area contributed by atoms with Crippen LogP contribution in [0.25, 0.3) is 66.9 Å². The van der Waals surface area contributed by atoms with Gasteiger partial charge in [-0.25, -0.2) is 15.0 Å². The number of likely N-dealkylation sites (tertiary alicyclic amines) is 2. The summed E-state index contributed by atoms with van der Waals surface area (Å²) in [5.41, 5.74) is 15.7. The summed E-state index contributed by atoms with van der Waals surface area (Å²) in [5, 5.41) is 43.2. The number of hydrogen-bond donors (Lipinski definition) is 4. The number of aromatic nitrogens is 12. The van der Waals surface area contributed by atoms with E-state index in [9.17, 15) is 10.2 Å². The minimum atomic E-state index is -0.0469. The van der Waals surface area contributed by atoms with E-state index >= 15 is 0 Å². The standard InChI is InChI=1S/C28H34N6O3.C26H30N6O2.C24H27N5O4/c1-32-20-21(18-30-32)28-19-29-26-7-6-22(16-27(26)31-28)34(11-5-10-33-8-3-4-9-33)23-14-24(36-2)17-25(15-23)37-13-12-35;1-33-22-12-21(13-23(15-22)34-2)32(11-5-10-31-8-3-4-9-31)20-6-7-24-25(14-20)30-26(18-27-24)19-16-28-29-17-19;1-32-20-10-19(11-21(13-20)33-2)29(6-3-8-30)18-4-5-22-23(12-18)27-24(15-25-22)17-14-26-28(16-17)7-9-31/h6-7,14-20,35H,3-5,8-13H2,1-2H3;6-7,12-18H,3-5,8-11H2,1-2H3,(H,28,29);4-5,10-16,30-31H,3,6-9H2,1-2H3. The zero-order valence-electron chi connectivity index (χ0n) is 59.9. The fourth-order valence-electron chi connectivity index (χ4n) is 12.9. The summed E-state index contributed by atoms with van der Waals surface area (Å²) < 4.78 is 36.7. The predicted molar refractivity (Wildman–Crippen MR) is 405 cm³/mol. The van der Waals surface area contributed by atoms with Crippen LogP contribution >= 0.6 is 0 Å². The van der Waals surface area contributed by atoms with Crippen LogP contribution in [-0.4, -0.2) is 206 Å². The van der Waals surface area contributed by atoms with Gasteiger partial charge >= 0.3 is 0 Å². The monoisotopic (exact) mass is 1410 g/mol. The molecule has 2 fully saturated rings. The average molecular weight is 1410 g/mol. The van der Waals surface area contributed by atoms with Crippen molar-refractivity contribution in [2.45, 2.75) is 51.5 Å². The van der Waals surface area contributed by atoms with Gasteiger partial charge in [-0.15, -0.1) is 0 Å².